The number of aryl methyl sites for hydroxylation is 1. The van der Waals surface area contributed by atoms with Gasteiger partial charge in [-0.05, 0) is 36.5 Å². The third-order valence-electron chi connectivity index (χ3n) is 3.29. The Labute approximate surface area is 113 Å². The van der Waals surface area contributed by atoms with E-state index >= 15 is 0 Å². The van der Waals surface area contributed by atoms with Crippen LogP contribution in [0.4, 0.5) is 0 Å². The first-order valence-corrected chi connectivity index (χ1v) is 7.08. The SMILES string of the molecule is Cc1ccccc1C(CN)N(C)Cc1cccs1. The highest BCUT2D eigenvalue weighted by atomic mass is 32.1. The fourth-order valence-electron chi connectivity index (χ4n) is 2.26. The van der Waals surface area contributed by atoms with Gasteiger partial charge in [-0.1, -0.05) is 30.3 Å². The number of hydrogen-bond donors (Lipinski definition) is 1. The Balaban J connectivity index is 2.16. The highest BCUT2D eigenvalue weighted by Gasteiger charge is 2.17. The standard InChI is InChI=1S/C15H20N2S/c1-12-6-3-4-8-14(12)15(10-16)17(2)11-13-7-5-9-18-13/h3-9,15H,10-11,16H2,1-2H3. The first-order valence-electron chi connectivity index (χ1n) is 6.20. The normalized spacial score (nSPS) is 12.9. The quantitative estimate of drug-likeness (QED) is 0.894. The van der Waals surface area contributed by atoms with Gasteiger partial charge in [0, 0.05) is 24.0 Å². The summed E-state index contributed by atoms with van der Waals surface area (Å²) in [5, 5.41) is 2.12. The minimum Gasteiger partial charge on any atom is -0.329 e. The van der Waals surface area contributed by atoms with Crippen LogP contribution in [0.15, 0.2) is 41.8 Å². The van der Waals surface area contributed by atoms with Crippen LogP contribution in [0.1, 0.15) is 22.0 Å². The van der Waals surface area contributed by atoms with Gasteiger partial charge in [-0.15, -0.1) is 11.3 Å². The number of thiophene rings is 1. The van der Waals surface area contributed by atoms with Crippen LogP contribution in [-0.2, 0) is 6.54 Å². The van der Waals surface area contributed by atoms with E-state index in [0.29, 0.717) is 6.54 Å². The topological polar surface area (TPSA) is 29.3 Å². The van der Waals surface area contributed by atoms with E-state index in [1.807, 2.05) is 0 Å². The Morgan fingerprint density at radius 2 is 2.00 bits per heavy atom. The van der Waals surface area contributed by atoms with Crippen molar-refractivity contribution in [1.82, 2.24) is 4.90 Å². The van der Waals surface area contributed by atoms with Crippen molar-refractivity contribution in [2.24, 2.45) is 5.73 Å². The van der Waals surface area contributed by atoms with E-state index in [9.17, 15) is 0 Å². The number of likely N-dealkylation sites (N-methyl/N-ethyl adjacent to an activating group) is 1. The van der Waals surface area contributed by atoms with Crippen molar-refractivity contribution in [3.63, 3.8) is 0 Å². The summed E-state index contributed by atoms with van der Waals surface area (Å²) in [6.07, 6.45) is 0. The summed E-state index contributed by atoms with van der Waals surface area (Å²) in [6, 6.07) is 13.0. The third kappa shape index (κ3) is 2.99. The molecular formula is C15H20N2S. The molecule has 0 spiro atoms. The Morgan fingerprint density at radius 1 is 1.22 bits per heavy atom. The molecule has 0 aliphatic carbocycles. The zero-order valence-electron chi connectivity index (χ0n) is 11.0. The van der Waals surface area contributed by atoms with E-state index in [-0.39, 0.29) is 6.04 Å². The average Bonchev–Trinajstić information content (AvgIpc) is 2.85. The van der Waals surface area contributed by atoms with Crippen molar-refractivity contribution in [3.8, 4) is 0 Å². The molecule has 1 unspecified atom stereocenters. The molecule has 0 bridgehead atoms. The maximum absolute atomic E-state index is 5.97. The number of nitrogens with zero attached hydrogens (tertiary/aromatic N) is 1. The van der Waals surface area contributed by atoms with Crippen molar-refractivity contribution in [3.05, 3.63) is 57.8 Å². The van der Waals surface area contributed by atoms with Gasteiger partial charge in [-0.3, -0.25) is 4.90 Å². The fraction of sp³-hybridized carbons (Fsp3) is 0.333. The van der Waals surface area contributed by atoms with E-state index in [4.69, 9.17) is 5.73 Å². The van der Waals surface area contributed by atoms with E-state index in [1.165, 1.54) is 16.0 Å². The summed E-state index contributed by atoms with van der Waals surface area (Å²) in [7, 11) is 2.14. The molecule has 0 amide bonds. The molecule has 2 nitrogen and oxygen atoms in total. The number of nitrogens with two attached hydrogens (primary N) is 1. The summed E-state index contributed by atoms with van der Waals surface area (Å²) >= 11 is 1.80. The first-order chi connectivity index (χ1) is 8.72. The highest BCUT2D eigenvalue weighted by molar-refractivity contribution is 7.09. The second kappa shape index (κ2) is 6.14. The van der Waals surface area contributed by atoms with Gasteiger partial charge in [0.05, 0.1) is 0 Å². The summed E-state index contributed by atoms with van der Waals surface area (Å²) < 4.78 is 0. The lowest BCUT2D eigenvalue weighted by atomic mass is 10.0. The van der Waals surface area contributed by atoms with Gasteiger partial charge in [0.25, 0.3) is 0 Å². The lowest BCUT2D eigenvalue weighted by molar-refractivity contribution is 0.243. The summed E-state index contributed by atoms with van der Waals surface area (Å²) in [5.74, 6) is 0. The van der Waals surface area contributed by atoms with Gasteiger partial charge in [0.1, 0.15) is 0 Å². The molecule has 0 aliphatic heterocycles. The average molecular weight is 260 g/mol. The lowest BCUT2D eigenvalue weighted by Crippen LogP contribution is -2.30. The molecule has 0 saturated heterocycles. The molecule has 18 heavy (non-hydrogen) atoms. The molecule has 1 atom stereocenters. The number of benzene rings is 1. The predicted molar refractivity (Wildman–Crippen MR) is 78.8 cm³/mol. The fourth-order valence-corrected chi connectivity index (χ4v) is 3.03. The zero-order valence-corrected chi connectivity index (χ0v) is 11.8. The second-order valence-corrected chi connectivity index (χ2v) is 5.63. The third-order valence-corrected chi connectivity index (χ3v) is 4.15. The first kappa shape index (κ1) is 13.3. The Morgan fingerprint density at radius 3 is 2.61 bits per heavy atom. The predicted octanol–water partition coefficient (Wildman–Crippen LogP) is 3.19. The maximum Gasteiger partial charge on any atom is 0.0473 e. The van der Waals surface area contributed by atoms with Crippen LogP contribution in [0.3, 0.4) is 0 Å². The van der Waals surface area contributed by atoms with Crippen molar-refractivity contribution < 1.29 is 0 Å². The molecule has 3 heteroatoms. The summed E-state index contributed by atoms with van der Waals surface area (Å²) in [6.45, 7) is 3.75. The Kier molecular flexibility index (Phi) is 4.53. The van der Waals surface area contributed by atoms with Crippen LogP contribution in [0, 0.1) is 6.92 Å². The summed E-state index contributed by atoms with van der Waals surface area (Å²) in [5.41, 5.74) is 8.61. The molecule has 96 valence electrons. The minimum absolute atomic E-state index is 0.285. The van der Waals surface area contributed by atoms with Crippen LogP contribution in [0.2, 0.25) is 0 Å². The molecule has 1 heterocycles. The van der Waals surface area contributed by atoms with E-state index < -0.39 is 0 Å². The molecule has 2 N–H and O–H groups in total. The van der Waals surface area contributed by atoms with Crippen molar-refractivity contribution in [2.45, 2.75) is 19.5 Å². The summed E-state index contributed by atoms with van der Waals surface area (Å²) in [4.78, 5) is 3.71. The van der Waals surface area contributed by atoms with Gasteiger partial charge >= 0.3 is 0 Å². The van der Waals surface area contributed by atoms with Crippen LogP contribution >= 0.6 is 11.3 Å². The van der Waals surface area contributed by atoms with Gasteiger partial charge < -0.3 is 5.73 Å². The number of hydrogen-bond acceptors (Lipinski definition) is 3. The van der Waals surface area contributed by atoms with Gasteiger partial charge in [-0.2, -0.15) is 0 Å². The van der Waals surface area contributed by atoms with Gasteiger partial charge in [0.15, 0.2) is 0 Å². The highest BCUT2D eigenvalue weighted by Crippen LogP contribution is 2.24. The van der Waals surface area contributed by atoms with Crippen molar-refractivity contribution in [1.29, 1.82) is 0 Å². The van der Waals surface area contributed by atoms with Gasteiger partial charge in [-0.25, -0.2) is 0 Å². The Bertz CT molecular complexity index is 479. The van der Waals surface area contributed by atoms with Crippen LogP contribution in [0.5, 0.6) is 0 Å². The zero-order chi connectivity index (χ0) is 13.0. The van der Waals surface area contributed by atoms with Crippen LogP contribution < -0.4 is 5.73 Å². The van der Waals surface area contributed by atoms with E-state index in [1.54, 1.807) is 11.3 Å². The monoisotopic (exact) mass is 260 g/mol. The molecular weight excluding hydrogens is 240 g/mol. The largest absolute Gasteiger partial charge is 0.329 e. The Hall–Kier alpha value is -1.16. The lowest BCUT2D eigenvalue weighted by Gasteiger charge is -2.28. The molecule has 0 saturated carbocycles. The second-order valence-electron chi connectivity index (χ2n) is 4.60. The molecule has 1 aromatic heterocycles. The van der Waals surface area contributed by atoms with Crippen molar-refractivity contribution in [2.75, 3.05) is 13.6 Å². The smallest absolute Gasteiger partial charge is 0.0473 e. The maximum atomic E-state index is 5.97. The van der Waals surface area contributed by atoms with Crippen LogP contribution in [-0.4, -0.2) is 18.5 Å². The van der Waals surface area contributed by atoms with E-state index in [0.717, 1.165) is 6.54 Å². The van der Waals surface area contributed by atoms with Crippen LogP contribution in [0.25, 0.3) is 0 Å². The molecule has 0 radical (unpaired) electrons. The number of rotatable bonds is 5. The van der Waals surface area contributed by atoms with E-state index in [2.05, 4.69) is 60.6 Å². The van der Waals surface area contributed by atoms with Crippen molar-refractivity contribution >= 4 is 11.3 Å². The molecule has 1 aromatic carbocycles. The minimum atomic E-state index is 0.285. The molecule has 2 aromatic rings. The molecule has 0 fully saturated rings. The molecule has 0 aliphatic rings. The van der Waals surface area contributed by atoms with Gasteiger partial charge in [0.2, 0.25) is 0 Å². The molecule has 2 rings (SSSR count).